The van der Waals surface area contributed by atoms with E-state index in [2.05, 4.69) is 9.97 Å². The molecule has 0 saturated heterocycles. The number of fused-ring (bicyclic) bond motifs is 1. The lowest BCUT2D eigenvalue weighted by Gasteiger charge is -2.09. The number of benzene rings is 1. The molecule has 0 radical (unpaired) electrons. The lowest BCUT2D eigenvalue weighted by molar-refractivity contribution is 0.415. The second-order valence-corrected chi connectivity index (χ2v) is 4.08. The second kappa shape index (κ2) is 4.65. The van der Waals surface area contributed by atoms with Crippen LogP contribution in [-0.4, -0.2) is 17.1 Å². The number of methoxy groups -OCH3 is 1. The molecule has 0 unspecified atom stereocenters. The molecule has 3 rings (SSSR count). The fourth-order valence-electron chi connectivity index (χ4n) is 2.09. The van der Waals surface area contributed by atoms with Crippen LogP contribution in [0.15, 0.2) is 48.8 Å². The van der Waals surface area contributed by atoms with Crippen molar-refractivity contribution in [2.45, 2.75) is 0 Å². The highest BCUT2D eigenvalue weighted by molar-refractivity contribution is 5.93. The largest absolute Gasteiger partial charge is 0.494 e. The number of aromatic nitrogens is 2. The van der Waals surface area contributed by atoms with E-state index in [1.54, 1.807) is 37.7 Å². The van der Waals surface area contributed by atoms with Gasteiger partial charge in [-0.3, -0.25) is 9.97 Å². The summed E-state index contributed by atoms with van der Waals surface area (Å²) in [6.45, 7) is 0. The molecule has 0 aliphatic heterocycles. The number of nitrogens with zero attached hydrogens (tertiary/aromatic N) is 2. The maximum absolute atomic E-state index is 13.7. The molecule has 0 bridgehead atoms. The van der Waals surface area contributed by atoms with Crippen molar-refractivity contribution in [3.63, 3.8) is 0 Å². The number of ether oxygens (including phenoxy) is 1. The Morgan fingerprint density at radius 3 is 2.68 bits per heavy atom. The van der Waals surface area contributed by atoms with Crippen molar-refractivity contribution in [1.29, 1.82) is 0 Å². The van der Waals surface area contributed by atoms with Crippen LogP contribution in [0.2, 0.25) is 0 Å². The minimum Gasteiger partial charge on any atom is -0.494 e. The summed E-state index contributed by atoms with van der Waals surface area (Å²) in [5.41, 5.74) is 1.93. The molecule has 0 aliphatic carbocycles. The van der Waals surface area contributed by atoms with Crippen LogP contribution in [0.5, 0.6) is 5.75 Å². The SMILES string of the molecule is COc1cccnc1-c1cc(F)cc2cccnc12. The van der Waals surface area contributed by atoms with Gasteiger partial charge in [-0.15, -0.1) is 0 Å². The molecule has 0 spiro atoms. The Bertz CT molecular complexity index is 743. The van der Waals surface area contributed by atoms with E-state index >= 15 is 0 Å². The quantitative estimate of drug-likeness (QED) is 0.702. The zero-order valence-corrected chi connectivity index (χ0v) is 10.3. The summed E-state index contributed by atoms with van der Waals surface area (Å²) < 4.78 is 19.0. The lowest BCUT2D eigenvalue weighted by atomic mass is 10.1. The van der Waals surface area contributed by atoms with Gasteiger partial charge in [0.05, 0.1) is 12.6 Å². The Morgan fingerprint density at radius 1 is 1.05 bits per heavy atom. The third-order valence-corrected chi connectivity index (χ3v) is 2.92. The Hall–Kier alpha value is -2.49. The van der Waals surface area contributed by atoms with Gasteiger partial charge in [-0.1, -0.05) is 6.07 Å². The summed E-state index contributed by atoms with van der Waals surface area (Å²) in [6, 6.07) is 10.1. The predicted molar refractivity (Wildman–Crippen MR) is 71.5 cm³/mol. The maximum Gasteiger partial charge on any atom is 0.145 e. The first-order chi connectivity index (χ1) is 9.29. The highest BCUT2D eigenvalue weighted by Crippen LogP contribution is 2.32. The van der Waals surface area contributed by atoms with Crippen LogP contribution in [0.4, 0.5) is 4.39 Å². The molecule has 2 heterocycles. The van der Waals surface area contributed by atoms with E-state index in [0.29, 0.717) is 22.5 Å². The van der Waals surface area contributed by atoms with Crippen molar-refractivity contribution < 1.29 is 9.13 Å². The molecular formula is C15H11FN2O. The number of hydrogen-bond acceptors (Lipinski definition) is 3. The third kappa shape index (κ3) is 2.01. The molecule has 0 fully saturated rings. The van der Waals surface area contributed by atoms with Crippen molar-refractivity contribution in [3.8, 4) is 17.0 Å². The molecule has 3 nitrogen and oxygen atoms in total. The fraction of sp³-hybridized carbons (Fsp3) is 0.0667. The van der Waals surface area contributed by atoms with Crippen molar-refractivity contribution in [2.24, 2.45) is 0 Å². The van der Waals surface area contributed by atoms with Gasteiger partial charge in [0.25, 0.3) is 0 Å². The number of pyridine rings is 2. The molecule has 2 aromatic heterocycles. The Labute approximate surface area is 109 Å². The third-order valence-electron chi connectivity index (χ3n) is 2.92. The van der Waals surface area contributed by atoms with E-state index in [1.807, 2.05) is 6.07 Å². The summed E-state index contributed by atoms with van der Waals surface area (Å²) in [5, 5.41) is 0.741. The Balaban J connectivity index is 2.36. The highest BCUT2D eigenvalue weighted by Gasteiger charge is 2.12. The molecule has 0 saturated carbocycles. The number of hydrogen-bond donors (Lipinski definition) is 0. The average molecular weight is 254 g/mol. The summed E-state index contributed by atoms with van der Waals surface area (Å²) in [6.07, 6.45) is 3.33. The molecule has 19 heavy (non-hydrogen) atoms. The monoisotopic (exact) mass is 254 g/mol. The molecule has 0 atom stereocenters. The van der Waals surface area contributed by atoms with Crippen LogP contribution in [0.3, 0.4) is 0 Å². The first kappa shape index (κ1) is 11.6. The highest BCUT2D eigenvalue weighted by atomic mass is 19.1. The van der Waals surface area contributed by atoms with Crippen LogP contribution in [0.25, 0.3) is 22.2 Å². The zero-order chi connectivity index (χ0) is 13.2. The number of rotatable bonds is 2. The van der Waals surface area contributed by atoms with E-state index in [-0.39, 0.29) is 5.82 Å². The maximum atomic E-state index is 13.7. The lowest BCUT2D eigenvalue weighted by Crippen LogP contribution is -1.93. The molecule has 3 aromatic rings. The standard InChI is InChI=1S/C15H11FN2O/c1-19-13-5-3-7-18-15(13)12-9-11(16)8-10-4-2-6-17-14(10)12/h2-9H,1H3. The fourth-order valence-corrected chi connectivity index (χ4v) is 2.09. The summed E-state index contributed by atoms with van der Waals surface area (Å²) in [4.78, 5) is 8.59. The van der Waals surface area contributed by atoms with Gasteiger partial charge in [-0.25, -0.2) is 4.39 Å². The van der Waals surface area contributed by atoms with Gasteiger partial charge in [0, 0.05) is 23.3 Å². The van der Waals surface area contributed by atoms with Gasteiger partial charge < -0.3 is 4.74 Å². The minimum absolute atomic E-state index is 0.316. The van der Waals surface area contributed by atoms with Crippen LogP contribution in [0.1, 0.15) is 0 Å². The molecule has 0 N–H and O–H groups in total. The van der Waals surface area contributed by atoms with Crippen molar-refractivity contribution in [2.75, 3.05) is 7.11 Å². The average Bonchev–Trinajstić information content (AvgIpc) is 2.46. The molecule has 0 aliphatic rings. The van der Waals surface area contributed by atoms with Crippen LogP contribution in [0, 0.1) is 5.82 Å². The Morgan fingerprint density at radius 2 is 1.84 bits per heavy atom. The smallest absolute Gasteiger partial charge is 0.145 e. The minimum atomic E-state index is -0.316. The van der Waals surface area contributed by atoms with E-state index < -0.39 is 0 Å². The van der Waals surface area contributed by atoms with Gasteiger partial charge in [-0.2, -0.15) is 0 Å². The molecule has 1 aromatic carbocycles. The van der Waals surface area contributed by atoms with Gasteiger partial charge in [0.2, 0.25) is 0 Å². The van der Waals surface area contributed by atoms with E-state index in [4.69, 9.17) is 4.74 Å². The van der Waals surface area contributed by atoms with E-state index in [1.165, 1.54) is 12.1 Å². The second-order valence-electron chi connectivity index (χ2n) is 4.08. The summed E-state index contributed by atoms with van der Waals surface area (Å²) in [5.74, 6) is 0.281. The number of halogens is 1. The molecular weight excluding hydrogens is 243 g/mol. The van der Waals surface area contributed by atoms with Crippen molar-refractivity contribution in [3.05, 3.63) is 54.6 Å². The first-order valence-corrected chi connectivity index (χ1v) is 5.83. The van der Waals surface area contributed by atoms with E-state index in [0.717, 1.165) is 5.39 Å². The molecule has 0 amide bonds. The van der Waals surface area contributed by atoms with Crippen LogP contribution in [-0.2, 0) is 0 Å². The normalized spacial score (nSPS) is 10.6. The van der Waals surface area contributed by atoms with Gasteiger partial charge >= 0.3 is 0 Å². The Kier molecular flexibility index (Phi) is 2.83. The van der Waals surface area contributed by atoms with Crippen LogP contribution < -0.4 is 4.74 Å². The van der Waals surface area contributed by atoms with Crippen molar-refractivity contribution >= 4 is 10.9 Å². The van der Waals surface area contributed by atoms with Gasteiger partial charge in [-0.05, 0) is 30.3 Å². The topological polar surface area (TPSA) is 35.0 Å². The molecule has 4 heteroatoms. The molecule has 94 valence electrons. The zero-order valence-electron chi connectivity index (χ0n) is 10.3. The van der Waals surface area contributed by atoms with E-state index in [9.17, 15) is 4.39 Å². The first-order valence-electron chi connectivity index (χ1n) is 5.83. The summed E-state index contributed by atoms with van der Waals surface area (Å²) in [7, 11) is 1.56. The van der Waals surface area contributed by atoms with Crippen molar-refractivity contribution in [1.82, 2.24) is 9.97 Å². The van der Waals surface area contributed by atoms with Crippen LogP contribution >= 0.6 is 0 Å². The summed E-state index contributed by atoms with van der Waals surface area (Å²) >= 11 is 0. The predicted octanol–water partition coefficient (Wildman–Crippen LogP) is 3.44. The van der Waals surface area contributed by atoms with Gasteiger partial charge in [0.1, 0.15) is 17.3 Å². The van der Waals surface area contributed by atoms with Gasteiger partial charge in [0.15, 0.2) is 0 Å².